The first kappa shape index (κ1) is 18.6. The highest BCUT2D eigenvalue weighted by molar-refractivity contribution is 7.92. The number of sulfonamides is 1. The SMILES string of the molecule is COc1cc(F)ccc1-c1cc(Nc2cccc(NS(C)(=O)=O)c2)ncn1. The van der Waals surface area contributed by atoms with Gasteiger partial charge >= 0.3 is 0 Å². The van der Waals surface area contributed by atoms with Gasteiger partial charge in [-0.25, -0.2) is 22.8 Å². The molecule has 7 nitrogen and oxygen atoms in total. The Bertz CT molecular complexity index is 1070. The first-order chi connectivity index (χ1) is 12.8. The second-order valence-corrected chi connectivity index (χ2v) is 7.46. The molecule has 0 fully saturated rings. The quantitative estimate of drug-likeness (QED) is 0.672. The summed E-state index contributed by atoms with van der Waals surface area (Å²) in [6, 6.07) is 12.6. The standard InChI is InChI=1S/C18H17FN4O3S/c1-26-17-8-12(19)6-7-15(17)16-10-18(21-11-20-16)22-13-4-3-5-14(9-13)23-27(2,24)25/h3-11,23H,1-2H3,(H,20,21,22). The van der Waals surface area contributed by atoms with E-state index in [0.717, 1.165) is 6.26 Å². The number of halogens is 1. The average molecular weight is 388 g/mol. The van der Waals surface area contributed by atoms with Gasteiger partial charge in [0.05, 0.1) is 24.7 Å². The highest BCUT2D eigenvalue weighted by Crippen LogP contribution is 2.30. The summed E-state index contributed by atoms with van der Waals surface area (Å²) in [4.78, 5) is 8.37. The molecule has 0 saturated heterocycles. The molecule has 0 aliphatic carbocycles. The van der Waals surface area contributed by atoms with E-state index in [-0.39, 0.29) is 0 Å². The highest BCUT2D eigenvalue weighted by atomic mass is 32.2. The van der Waals surface area contributed by atoms with Crippen LogP contribution in [0.15, 0.2) is 54.9 Å². The molecular weight excluding hydrogens is 371 g/mol. The van der Waals surface area contributed by atoms with Gasteiger partial charge in [0.25, 0.3) is 0 Å². The van der Waals surface area contributed by atoms with Crippen LogP contribution < -0.4 is 14.8 Å². The molecule has 2 N–H and O–H groups in total. The van der Waals surface area contributed by atoms with Gasteiger partial charge in [-0.1, -0.05) is 6.07 Å². The van der Waals surface area contributed by atoms with Gasteiger partial charge in [-0.05, 0) is 30.3 Å². The lowest BCUT2D eigenvalue weighted by atomic mass is 10.1. The lowest BCUT2D eigenvalue weighted by Gasteiger charge is -2.11. The summed E-state index contributed by atoms with van der Waals surface area (Å²) in [6.07, 6.45) is 2.46. The van der Waals surface area contributed by atoms with Crippen molar-refractivity contribution >= 4 is 27.2 Å². The minimum absolute atomic E-state index is 0.360. The number of hydrogen-bond donors (Lipinski definition) is 2. The lowest BCUT2D eigenvalue weighted by molar-refractivity contribution is 0.413. The molecule has 0 bridgehead atoms. The Morgan fingerprint density at radius 3 is 2.56 bits per heavy atom. The Kier molecular flexibility index (Phi) is 5.22. The van der Waals surface area contributed by atoms with Gasteiger partial charge < -0.3 is 10.1 Å². The lowest BCUT2D eigenvalue weighted by Crippen LogP contribution is -2.09. The molecule has 0 amide bonds. The molecule has 140 valence electrons. The monoisotopic (exact) mass is 388 g/mol. The van der Waals surface area contributed by atoms with Crippen LogP contribution in [0.1, 0.15) is 0 Å². The number of rotatable bonds is 6. The van der Waals surface area contributed by atoms with Crippen molar-refractivity contribution in [3.8, 4) is 17.0 Å². The van der Waals surface area contributed by atoms with Gasteiger partial charge in [0.2, 0.25) is 10.0 Å². The number of anilines is 3. The third-order valence-electron chi connectivity index (χ3n) is 3.54. The van der Waals surface area contributed by atoms with E-state index in [1.807, 2.05) is 0 Å². The molecule has 27 heavy (non-hydrogen) atoms. The highest BCUT2D eigenvalue weighted by Gasteiger charge is 2.10. The molecule has 0 saturated carbocycles. The molecule has 0 radical (unpaired) electrons. The number of nitrogens with one attached hydrogen (secondary N) is 2. The van der Waals surface area contributed by atoms with E-state index >= 15 is 0 Å². The van der Waals surface area contributed by atoms with Crippen LogP contribution in [0, 0.1) is 5.82 Å². The van der Waals surface area contributed by atoms with E-state index < -0.39 is 15.8 Å². The first-order valence-electron chi connectivity index (χ1n) is 7.85. The van der Waals surface area contributed by atoms with Gasteiger partial charge in [0.1, 0.15) is 23.7 Å². The average Bonchev–Trinajstić information content (AvgIpc) is 2.60. The van der Waals surface area contributed by atoms with Crippen molar-refractivity contribution in [1.29, 1.82) is 0 Å². The molecular formula is C18H17FN4O3S. The van der Waals surface area contributed by atoms with Crippen molar-refractivity contribution in [3.05, 3.63) is 60.7 Å². The zero-order valence-corrected chi connectivity index (χ0v) is 15.4. The van der Waals surface area contributed by atoms with Crippen LogP contribution >= 0.6 is 0 Å². The van der Waals surface area contributed by atoms with Crippen LogP contribution in [0.5, 0.6) is 5.75 Å². The Labute approximate surface area is 156 Å². The van der Waals surface area contributed by atoms with Gasteiger partial charge in [-0.15, -0.1) is 0 Å². The minimum Gasteiger partial charge on any atom is -0.496 e. The second kappa shape index (κ2) is 7.58. The Morgan fingerprint density at radius 2 is 1.81 bits per heavy atom. The maximum Gasteiger partial charge on any atom is 0.229 e. The summed E-state index contributed by atoms with van der Waals surface area (Å²) in [5.41, 5.74) is 2.24. The molecule has 0 aliphatic heterocycles. The van der Waals surface area contributed by atoms with Gasteiger partial charge in [-0.2, -0.15) is 0 Å². The van der Waals surface area contributed by atoms with Crippen LogP contribution in [0.2, 0.25) is 0 Å². The molecule has 0 spiro atoms. The van der Waals surface area contributed by atoms with Crippen molar-refractivity contribution in [2.24, 2.45) is 0 Å². The summed E-state index contributed by atoms with van der Waals surface area (Å²) >= 11 is 0. The van der Waals surface area contributed by atoms with E-state index in [2.05, 4.69) is 20.0 Å². The molecule has 3 rings (SSSR count). The predicted octanol–water partition coefficient (Wildman–Crippen LogP) is 3.41. The maximum absolute atomic E-state index is 13.4. The Morgan fingerprint density at radius 1 is 1.04 bits per heavy atom. The normalized spacial score (nSPS) is 11.1. The van der Waals surface area contributed by atoms with Crippen molar-refractivity contribution < 1.29 is 17.5 Å². The summed E-state index contributed by atoms with van der Waals surface area (Å²) in [6.45, 7) is 0. The summed E-state index contributed by atoms with van der Waals surface area (Å²) in [5, 5.41) is 3.09. The van der Waals surface area contributed by atoms with E-state index in [0.29, 0.717) is 34.2 Å². The second-order valence-electron chi connectivity index (χ2n) is 5.71. The Balaban J connectivity index is 1.88. The van der Waals surface area contributed by atoms with Crippen LogP contribution in [-0.2, 0) is 10.0 Å². The molecule has 3 aromatic rings. The van der Waals surface area contributed by atoms with E-state index in [1.165, 1.54) is 25.6 Å². The molecule has 0 unspecified atom stereocenters. The smallest absolute Gasteiger partial charge is 0.229 e. The molecule has 2 aromatic carbocycles. The van der Waals surface area contributed by atoms with Gasteiger partial charge in [-0.3, -0.25) is 4.72 Å². The van der Waals surface area contributed by atoms with Crippen molar-refractivity contribution in [2.75, 3.05) is 23.4 Å². The van der Waals surface area contributed by atoms with E-state index in [1.54, 1.807) is 36.4 Å². The van der Waals surface area contributed by atoms with Crippen molar-refractivity contribution in [3.63, 3.8) is 0 Å². The Hall–Kier alpha value is -3.20. The maximum atomic E-state index is 13.4. The fraction of sp³-hybridized carbons (Fsp3) is 0.111. The minimum atomic E-state index is -3.37. The van der Waals surface area contributed by atoms with Crippen LogP contribution in [0.4, 0.5) is 21.6 Å². The number of methoxy groups -OCH3 is 1. The first-order valence-corrected chi connectivity index (χ1v) is 9.74. The summed E-state index contributed by atoms with van der Waals surface area (Å²) in [5.74, 6) is 0.445. The fourth-order valence-electron chi connectivity index (χ4n) is 2.47. The van der Waals surface area contributed by atoms with Crippen LogP contribution in [-0.4, -0.2) is 31.8 Å². The summed E-state index contributed by atoms with van der Waals surface area (Å²) in [7, 11) is -1.91. The number of benzene rings is 2. The third kappa shape index (κ3) is 4.91. The topological polar surface area (TPSA) is 93.2 Å². The predicted molar refractivity (Wildman–Crippen MR) is 102 cm³/mol. The third-order valence-corrected chi connectivity index (χ3v) is 4.15. The number of aromatic nitrogens is 2. The van der Waals surface area contributed by atoms with Crippen molar-refractivity contribution in [2.45, 2.75) is 0 Å². The van der Waals surface area contributed by atoms with Gasteiger partial charge in [0.15, 0.2) is 0 Å². The van der Waals surface area contributed by atoms with Crippen LogP contribution in [0.25, 0.3) is 11.3 Å². The van der Waals surface area contributed by atoms with E-state index in [4.69, 9.17) is 4.74 Å². The molecule has 0 atom stereocenters. The summed E-state index contributed by atoms with van der Waals surface area (Å²) < 4.78 is 43.8. The molecule has 0 aliphatic rings. The fourth-order valence-corrected chi connectivity index (χ4v) is 3.03. The van der Waals surface area contributed by atoms with Crippen molar-refractivity contribution in [1.82, 2.24) is 9.97 Å². The zero-order chi connectivity index (χ0) is 19.4. The molecule has 1 aromatic heterocycles. The molecule has 1 heterocycles. The van der Waals surface area contributed by atoms with Crippen LogP contribution in [0.3, 0.4) is 0 Å². The van der Waals surface area contributed by atoms with Gasteiger partial charge in [0, 0.05) is 23.4 Å². The number of ether oxygens (including phenoxy) is 1. The number of hydrogen-bond acceptors (Lipinski definition) is 6. The zero-order valence-electron chi connectivity index (χ0n) is 14.6. The largest absolute Gasteiger partial charge is 0.496 e. The van der Waals surface area contributed by atoms with E-state index in [9.17, 15) is 12.8 Å². The molecule has 9 heteroatoms. The number of nitrogens with zero attached hydrogens (tertiary/aromatic N) is 2.